The molecule has 1 aromatic carbocycles. The molecule has 1 aliphatic rings. The van der Waals surface area contributed by atoms with Crippen molar-refractivity contribution in [3.05, 3.63) is 29.3 Å². The Balaban J connectivity index is 2.26. The van der Waals surface area contributed by atoms with E-state index in [2.05, 4.69) is 0 Å². The molecule has 6 heteroatoms. The minimum absolute atomic E-state index is 0.0398. The largest absolute Gasteiger partial charge is 0.396 e. The summed E-state index contributed by atoms with van der Waals surface area (Å²) in [6.07, 6.45) is 3.13. The standard InChI is InChI=1S/C14H18F2N2O2/c15-9-7-11(13(16)12(17)8-9)14(20)18(5-2-6-19)10-3-1-4-10/h7-8,10,19H,1-6,17H2. The van der Waals surface area contributed by atoms with E-state index in [1.807, 2.05) is 0 Å². The number of hydrogen-bond donors (Lipinski definition) is 2. The smallest absolute Gasteiger partial charge is 0.257 e. The molecule has 0 heterocycles. The number of aliphatic hydroxyl groups is 1. The Hall–Kier alpha value is -1.69. The number of nitrogen functional groups attached to an aromatic ring is 1. The van der Waals surface area contributed by atoms with Gasteiger partial charge in [0, 0.05) is 19.2 Å². The molecule has 1 fully saturated rings. The van der Waals surface area contributed by atoms with Crippen molar-refractivity contribution in [1.29, 1.82) is 0 Å². The van der Waals surface area contributed by atoms with Gasteiger partial charge in [-0.25, -0.2) is 8.78 Å². The predicted octanol–water partition coefficient (Wildman–Crippen LogP) is 1.92. The molecule has 1 saturated carbocycles. The van der Waals surface area contributed by atoms with E-state index in [1.165, 1.54) is 4.90 Å². The first-order valence-corrected chi connectivity index (χ1v) is 6.71. The number of nitrogens with two attached hydrogens (primary N) is 1. The molecule has 0 spiro atoms. The topological polar surface area (TPSA) is 66.6 Å². The van der Waals surface area contributed by atoms with Crippen LogP contribution in [-0.2, 0) is 0 Å². The number of amides is 1. The Labute approximate surface area is 116 Å². The maximum Gasteiger partial charge on any atom is 0.257 e. The average Bonchev–Trinajstić information content (AvgIpc) is 2.35. The van der Waals surface area contributed by atoms with Crippen molar-refractivity contribution >= 4 is 11.6 Å². The van der Waals surface area contributed by atoms with Crippen LogP contribution in [0.25, 0.3) is 0 Å². The third-order valence-corrected chi connectivity index (χ3v) is 3.63. The lowest BCUT2D eigenvalue weighted by Crippen LogP contribution is -2.45. The third kappa shape index (κ3) is 2.90. The van der Waals surface area contributed by atoms with Crippen molar-refractivity contribution in [2.24, 2.45) is 0 Å². The number of benzene rings is 1. The van der Waals surface area contributed by atoms with Crippen molar-refractivity contribution < 1.29 is 18.7 Å². The molecule has 4 nitrogen and oxygen atoms in total. The van der Waals surface area contributed by atoms with Gasteiger partial charge in [-0.2, -0.15) is 0 Å². The third-order valence-electron chi connectivity index (χ3n) is 3.63. The highest BCUT2D eigenvalue weighted by Crippen LogP contribution is 2.28. The number of carbonyl (C=O) groups is 1. The van der Waals surface area contributed by atoms with E-state index in [4.69, 9.17) is 10.8 Å². The maximum absolute atomic E-state index is 13.9. The van der Waals surface area contributed by atoms with Gasteiger partial charge in [0.1, 0.15) is 5.82 Å². The Kier molecular flexibility index (Phi) is 4.54. The van der Waals surface area contributed by atoms with E-state index in [-0.39, 0.29) is 23.9 Å². The van der Waals surface area contributed by atoms with Gasteiger partial charge in [0.05, 0.1) is 11.3 Å². The summed E-state index contributed by atoms with van der Waals surface area (Å²) in [5.41, 5.74) is 4.64. The van der Waals surface area contributed by atoms with Gasteiger partial charge in [-0.15, -0.1) is 0 Å². The summed E-state index contributed by atoms with van der Waals surface area (Å²) >= 11 is 0. The lowest BCUT2D eigenvalue weighted by Gasteiger charge is -2.37. The molecule has 2 rings (SSSR count). The summed E-state index contributed by atoms with van der Waals surface area (Å²) in [7, 11) is 0. The number of carbonyl (C=O) groups excluding carboxylic acids is 1. The fourth-order valence-corrected chi connectivity index (χ4v) is 2.31. The van der Waals surface area contributed by atoms with Crippen LogP contribution in [0.3, 0.4) is 0 Å². The van der Waals surface area contributed by atoms with Crippen LogP contribution in [-0.4, -0.2) is 35.1 Å². The molecule has 1 amide bonds. The first-order valence-electron chi connectivity index (χ1n) is 6.71. The lowest BCUT2D eigenvalue weighted by atomic mass is 9.90. The van der Waals surface area contributed by atoms with E-state index in [0.717, 1.165) is 31.4 Å². The molecule has 1 aromatic rings. The van der Waals surface area contributed by atoms with E-state index in [9.17, 15) is 13.6 Å². The van der Waals surface area contributed by atoms with Crippen LogP contribution in [0.2, 0.25) is 0 Å². The van der Waals surface area contributed by atoms with E-state index in [1.54, 1.807) is 0 Å². The van der Waals surface area contributed by atoms with Crippen molar-refractivity contribution in [2.75, 3.05) is 18.9 Å². The molecule has 0 saturated heterocycles. The Bertz CT molecular complexity index is 504. The fourth-order valence-electron chi connectivity index (χ4n) is 2.31. The van der Waals surface area contributed by atoms with E-state index < -0.39 is 17.5 Å². The summed E-state index contributed by atoms with van der Waals surface area (Å²) in [6.45, 7) is 0.278. The fraction of sp³-hybridized carbons (Fsp3) is 0.500. The summed E-state index contributed by atoms with van der Waals surface area (Å²) in [5, 5.41) is 8.89. The molecule has 1 aliphatic carbocycles. The minimum atomic E-state index is -0.885. The average molecular weight is 284 g/mol. The van der Waals surface area contributed by atoms with Gasteiger partial charge in [-0.3, -0.25) is 4.79 Å². The first kappa shape index (κ1) is 14.7. The lowest BCUT2D eigenvalue weighted by molar-refractivity contribution is 0.0557. The second kappa shape index (κ2) is 6.17. The Morgan fingerprint density at radius 1 is 1.40 bits per heavy atom. The van der Waals surface area contributed by atoms with Crippen molar-refractivity contribution in [3.63, 3.8) is 0 Å². The van der Waals surface area contributed by atoms with Gasteiger partial charge in [-0.1, -0.05) is 0 Å². The summed E-state index contributed by atoms with van der Waals surface area (Å²) < 4.78 is 27.2. The van der Waals surface area contributed by atoms with Crippen LogP contribution in [0.15, 0.2) is 12.1 Å². The SMILES string of the molecule is Nc1cc(F)cc(C(=O)N(CCCO)C2CCC2)c1F. The van der Waals surface area contributed by atoms with Crippen LogP contribution < -0.4 is 5.73 Å². The molecule has 0 bridgehead atoms. The molecular formula is C14H18F2N2O2. The maximum atomic E-state index is 13.9. The molecule has 0 aromatic heterocycles. The number of aliphatic hydroxyl groups excluding tert-OH is 1. The monoisotopic (exact) mass is 284 g/mol. The Morgan fingerprint density at radius 2 is 2.10 bits per heavy atom. The molecule has 110 valence electrons. The van der Waals surface area contributed by atoms with Crippen molar-refractivity contribution in [1.82, 2.24) is 4.90 Å². The highest BCUT2D eigenvalue weighted by atomic mass is 19.1. The van der Waals surface area contributed by atoms with Gasteiger partial charge in [-0.05, 0) is 37.8 Å². The van der Waals surface area contributed by atoms with Gasteiger partial charge in [0.15, 0.2) is 5.82 Å². The summed E-state index contributed by atoms with van der Waals surface area (Å²) in [5.74, 6) is -2.18. The number of nitrogens with zero attached hydrogens (tertiary/aromatic N) is 1. The summed E-state index contributed by atoms with van der Waals surface area (Å²) in [6, 6.07) is 1.77. The van der Waals surface area contributed by atoms with Crippen LogP contribution in [0.1, 0.15) is 36.0 Å². The predicted molar refractivity (Wildman–Crippen MR) is 71.1 cm³/mol. The minimum Gasteiger partial charge on any atom is -0.396 e. The second-order valence-corrected chi connectivity index (χ2v) is 5.02. The zero-order chi connectivity index (χ0) is 14.7. The van der Waals surface area contributed by atoms with Crippen LogP contribution >= 0.6 is 0 Å². The highest BCUT2D eigenvalue weighted by Gasteiger charge is 2.31. The van der Waals surface area contributed by atoms with Gasteiger partial charge in [0.2, 0.25) is 0 Å². The molecule has 0 aliphatic heterocycles. The number of anilines is 1. The van der Waals surface area contributed by atoms with Crippen LogP contribution in [0, 0.1) is 11.6 Å². The highest BCUT2D eigenvalue weighted by molar-refractivity contribution is 5.95. The molecule has 0 atom stereocenters. The number of halogens is 2. The summed E-state index contributed by atoms with van der Waals surface area (Å²) in [4.78, 5) is 13.9. The van der Waals surface area contributed by atoms with E-state index >= 15 is 0 Å². The zero-order valence-corrected chi connectivity index (χ0v) is 11.1. The van der Waals surface area contributed by atoms with Crippen molar-refractivity contribution in [3.8, 4) is 0 Å². The Morgan fingerprint density at radius 3 is 2.65 bits per heavy atom. The van der Waals surface area contributed by atoms with Crippen molar-refractivity contribution in [2.45, 2.75) is 31.7 Å². The molecule has 0 unspecified atom stereocenters. The quantitative estimate of drug-likeness (QED) is 0.812. The van der Waals surface area contributed by atoms with Gasteiger partial charge >= 0.3 is 0 Å². The molecular weight excluding hydrogens is 266 g/mol. The number of rotatable bonds is 5. The first-order chi connectivity index (χ1) is 9.54. The molecule has 3 N–H and O–H groups in total. The zero-order valence-electron chi connectivity index (χ0n) is 11.1. The molecule has 20 heavy (non-hydrogen) atoms. The second-order valence-electron chi connectivity index (χ2n) is 5.02. The number of hydrogen-bond acceptors (Lipinski definition) is 3. The van der Waals surface area contributed by atoms with Gasteiger partial charge in [0.25, 0.3) is 5.91 Å². The normalized spacial score (nSPS) is 14.9. The van der Waals surface area contributed by atoms with Crippen LogP contribution in [0.5, 0.6) is 0 Å². The van der Waals surface area contributed by atoms with Crippen LogP contribution in [0.4, 0.5) is 14.5 Å². The van der Waals surface area contributed by atoms with Gasteiger partial charge < -0.3 is 15.7 Å². The van der Waals surface area contributed by atoms with E-state index in [0.29, 0.717) is 13.0 Å². The molecule has 0 radical (unpaired) electrons.